The van der Waals surface area contributed by atoms with Crippen molar-refractivity contribution < 1.29 is 19.8 Å². The van der Waals surface area contributed by atoms with Crippen molar-refractivity contribution >= 4 is 6.47 Å². The van der Waals surface area contributed by atoms with Gasteiger partial charge in [0.05, 0.1) is 6.54 Å². The average molecular weight is 121 g/mol. The van der Waals surface area contributed by atoms with Crippen molar-refractivity contribution in [2.24, 2.45) is 0 Å². The van der Waals surface area contributed by atoms with E-state index in [-0.39, 0.29) is 13.0 Å². The third-order valence-electron chi connectivity index (χ3n) is 0.397. The Kier molecular flexibility index (Phi) is 4.14. The van der Waals surface area contributed by atoms with Gasteiger partial charge < -0.3 is 15.1 Å². The normalized spacial score (nSPS) is 9.38. The van der Waals surface area contributed by atoms with E-state index in [1.54, 1.807) is 0 Å². The molecule has 0 aromatic heterocycles. The van der Waals surface area contributed by atoms with Crippen LogP contribution in [0.15, 0.2) is 0 Å². The molecule has 8 heavy (non-hydrogen) atoms. The minimum Gasteiger partial charge on any atom is -0.373 e. The number of nitrogens with one attached hydrogen (secondary N) is 1. The molecule has 5 nitrogen and oxygen atoms in total. The zero-order valence-electron chi connectivity index (χ0n) is 4.07. The molecule has 0 heterocycles. The van der Waals surface area contributed by atoms with Crippen molar-refractivity contribution in [3.8, 4) is 0 Å². The van der Waals surface area contributed by atoms with Gasteiger partial charge in [0.1, 0.15) is 0 Å². The van der Waals surface area contributed by atoms with Crippen LogP contribution < -0.4 is 5.48 Å². The summed E-state index contributed by atoms with van der Waals surface area (Å²) in [7, 11) is 0. The van der Waals surface area contributed by atoms with Crippen molar-refractivity contribution in [1.82, 2.24) is 5.48 Å². The molecule has 0 atom stereocenters. The van der Waals surface area contributed by atoms with E-state index in [1.165, 1.54) is 0 Å². The topological polar surface area (TPSA) is 78.8 Å². The Hall–Kier alpha value is -0.650. The number of hydrogen-bond donors (Lipinski definition) is 3. The summed E-state index contributed by atoms with van der Waals surface area (Å²) in [5.41, 5.74) is 1.97. The molecule has 0 saturated carbocycles. The van der Waals surface area contributed by atoms with Crippen LogP contribution in [-0.2, 0) is 9.63 Å². The van der Waals surface area contributed by atoms with Gasteiger partial charge in [-0.2, -0.15) is 0 Å². The second-order valence-corrected chi connectivity index (χ2v) is 1.04. The van der Waals surface area contributed by atoms with E-state index in [9.17, 15) is 4.79 Å². The first-order valence-corrected chi connectivity index (χ1v) is 1.95. The Morgan fingerprint density at radius 2 is 2.38 bits per heavy atom. The fourth-order valence-corrected chi connectivity index (χ4v) is 0.157. The fraction of sp³-hybridized carbons (Fsp3) is 0.667. The van der Waals surface area contributed by atoms with E-state index in [1.807, 2.05) is 5.48 Å². The van der Waals surface area contributed by atoms with Gasteiger partial charge in [0.15, 0.2) is 6.29 Å². The standard InChI is InChI=1S/C3H7NO4/c5-2-8-4-1-3(6)7/h2-4,6-7H,1H2. The number of aliphatic hydroxyl groups excluding tert-OH is 1. The van der Waals surface area contributed by atoms with Gasteiger partial charge in [-0.25, -0.2) is 0 Å². The molecule has 0 spiro atoms. The van der Waals surface area contributed by atoms with Gasteiger partial charge in [0.25, 0.3) is 0 Å². The lowest BCUT2D eigenvalue weighted by molar-refractivity contribution is -0.139. The van der Waals surface area contributed by atoms with Gasteiger partial charge in [-0.3, -0.25) is 4.79 Å². The van der Waals surface area contributed by atoms with Gasteiger partial charge in [0, 0.05) is 0 Å². The summed E-state index contributed by atoms with van der Waals surface area (Å²) in [6.45, 7) is -0.0267. The zero-order valence-corrected chi connectivity index (χ0v) is 4.07. The maximum atomic E-state index is 9.34. The molecule has 5 heteroatoms. The van der Waals surface area contributed by atoms with Crippen molar-refractivity contribution in [3.05, 3.63) is 0 Å². The zero-order chi connectivity index (χ0) is 6.41. The number of aliphatic hydroxyl groups is 2. The number of hydroxylamine groups is 1. The third kappa shape index (κ3) is 5.35. The largest absolute Gasteiger partial charge is 0.373 e. The first kappa shape index (κ1) is 7.35. The quantitative estimate of drug-likeness (QED) is 0.173. The minimum absolute atomic E-state index is 0.155. The van der Waals surface area contributed by atoms with Gasteiger partial charge in [-0.05, 0) is 0 Å². The molecule has 3 N–H and O–H groups in total. The maximum Gasteiger partial charge on any atom is 0.312 e. The molecule has 0 bridgehead atoms. The molecule has 0 aliphatic carbocycles. The lowest BCUT2D eigenvalue weighted by Crippen LogP contribution is -2.25. The maximum absolute atomic E-state index is 9.34. The van der Waals surface area contributed by atoms with E-state index < -0.39 is 6.29 Å². The van der Waals surface area contributed by atoms with Crippen molar-refractivity contribution in [3.63, 3.8) is 0 Å². The summed E-state index contributed by atoms with van der Waals surface area (Å²) in [5.74, 6) is 0. The highest BCUT2D eigenvalue weighted by atomic mass is 16.7. The van der Waals surface area contributed by atoms with Gasteiger partial charge in [-0.1, -0.05) is 0 Å². The summed E-state index contributed by atoms with van der Waals surface area (Å²) in [5, 5.41) is 16.2. The predicted octanol–water partition coefficient (Wildman–Crippen LogP) is -2.03. The second-order valence-electron chi connectivity index (χ2n) is 1.04. The van der Waals surface area contributed by atoms with E-state index >= 15 is 0 Å². The smallest absolute Gasteiger partial charge is 0.312 e. The van der Waals surface area contributed by atoms with E-state index in [0.717, 1.165) is 0 Å². The predicted molar refractivity (Wildman–Crippen MR) is 23.4 cm³/mol. The summed E-state index contributed by atoms with van der Waals surface area (Å²) >= 11 is 0. The van der Waals surface area contributed by atoms with Gasteiger partial charge in [0.2, 0.25) is 0 Å². The van der Waals surface area contributed by atoms with Crippen LogP contribution in [0.5, 0.6) is 0 Å². The summed E-state index contributed by atoms with van der Waals surface area (Å²) in [6, 6.07) is 0. The average Bonchev–Trinajstić information content (AvgIpc) is 1.66. The number of carbonyl (C=O) groups is 1. The lowest BCUT2D eigenvalue weighted by atomic mass is 10.7. The minimum atomic E-state index is -1.49. The molecule has 0 unspecified atom stereocenters. The lowest BCUT2D eigenvalue weighted by Gasteiger charge is -2.00. The van der Waals surface area contributed by atoms with Crippen LogP contribution >= 0.6 is 0 Å². The monoisotopic (exact) mass is 121 g/mol. The summed E-state index contributed by atoms with van der Waals surface area (Å²) < 4.78 is 0. The molecule has 0 aromatic carbocycles. The highest BCUT2D eigenvalue weighted by Gasteiger charge is 1.92. The Morgan fingerprint density at radius 1 is 1.75 bits per heavy atom. The number of carbonyl (C=O) groups excluding carboxylic acids is 1. The Labute approximate surface area is 45.8 Å². The fourth-order valence-electron chi connectivity index (χ4n) is 0.157. The van der Waals surface area contributed by atoms with Gasteiger partial charge >= 0.3 is 6.47 Å². The third-order valence-corrected chi connectivity index (χ3v) is 0.397. The first-order chi connectivity index (χ1) is 3.77. The molecular weight excluding hydrogens is 114 g/mol. The highest BCUT2D eigenvalue weighted by Crippen LogP contribution is 1.66. The van der Waals surface area contributed by atoms with Crippen molar-refractivity contribution in [1.29, 1.82) is 0 Å². The van der Waals surface area contributed by atoms with Gasteiger partial charge in [-0.15, -0.1) is 5.48 Å². The molecule has 0 aromatic rings. The second kappa shape index (κ2) is 4.51. The Morgan fingerprint density at radius 3 is 2.75 bits per heavy atom. The van der Waals surface area contributed by atoms with Crippen LogP contribution in [0.4, 0.5) is 0 Å². The Balaban J connectivity index is 2.81. The molecular formula is C3H7NO4. The van der Waals surface area contributed by atoms with Crippen LogP contribution in [0.3, 0.4) is 0 Å². The molecule has 0 fully saturated rings. The van der Waals surface area contributed by atoms with Crippen LogP contribution in [0.25, 0.3) is 0 Å². The van der Waals surface area contributed by atoms with Crippen LogP contribution in [0.2, 0.25) is 0 Å². The molecule has 0 radical (unpaired) electrons. The number of hydrogen-bond acceptors (Lipinski definition) is 5. The van der Waals surface area contributed by atoms with Crippen molar-refractivity contribution in [2.45, 2.75) is 6.29 Å². The van der Waals surface area contributed by atoms with Crippen LogP contribution in [-0.4, -0.2) is 29.5 Å². The molecule has 0 aliphatic rings. The van der Waals surface area contributed by atoms with Crippen LogP contribution in [0, 0.1) is 0 Å². The summed E-state index contributed by atoms with van der Waals surface area (Å²) in [4.78, 5) is 13.2. The van der Waals surface area contributed by atoms with E-state index in [2.05, 4.69) is 4.84 Å². The number of rotatable bonds is 4. The molecule has 0 amide bonds. The summed E-state index contributed by atoms with van der Waals surface area (Å²) in [6.07, 6.45) is -1.49. The molecule has 48 valence electrons. The van der Waals surface area contributed by atoms with E-state index in [0.29, 0.717) is 0 Å². The Bertz CT molecular complexity index is 64.3. The molecule has 0 rings (SSSR count). The molecule has 0 aliphatic heterocycles. The SMILES string of the molecule is O=CONCC(O)O. The highest BCUT2D eigenvalue weighted by molar-refractivity contribution is 5.36. The first-order valence-electron chi connectivity index (χ1n) is 1.95. The van der Waals surface area contributed by atoms with Crippen molar-refractivity contribution in [2.75, 3.05) is 6.54 Å². The van der Waals surface area contributed by atoms with E-state index in [4.69, 9.17) is 10.2 Å². The van der Waals surface area contributed by atoms with Crippen LogP contribution in [0.1, 0.15) is 0 Å². The molecule has 0 saturated heterocycles.